The van der Waals surface area contributed by atoms with Crippen molar-refractivity contribution in [3.63, 3.8) is 0 Å². The van der Waals surface area contributed by atoms with Crippen molar-refractivity contribution < 1.29 is 4.74 Å². The van der Waals surface area contributed by atoms with E-state index in [2.05, 4.69) is 25.9 Å². The molecule has 0 aliphatic carbocycles. The molecule has 0 amide bonds. The van der Waals surface area contributed by atoms with E-state index in [1.165, 1.54) is 5.56 Å². The monoisotopic (exact) mass is 233 g/mol. The van der Waals surface area contributed by atoms with Crippen molar-refractivity contribution >= 4 is 0 Å². The van der Waals surface area contributed by atoms with E-state index in [1.807, 2.05) is 31.2 Å². The summed E-state index contributed by atoms with van der Waals surface area (Å²) >= 11 is 0. The van der Waals surface area contributed by atoms with E-state index < -0.39 is 0 Å². The molecule has 2 aromatic rings. The number of ether oxygens (including phenoxy) is 1. The van der Waals surface area contributed by atoms with E-state index in [1.54, 1.807) is 0 Å². The second kappa shape index (κ2) is 5.95. The standard InChI is InChI=1S/C11H15N5O/c1-2-17-10-5-3-9(4-6-10)7-12-8-11-13-15-16-14-11/h3-6,12H,2,7-8H2,1H3,(H,13,14,15,16). The van der Waals surface area contributed by atoms with Gasteiger partial charge in [-0.15, -0.1) is 10.2 Å². The largest absolute Gasteiger partial charge is 0.494 e. The van der Waals surface area contributed by atoms with Gasteiger partial charge in [0, 0.05) is 6.54 Å². The Kier molecular flexibility index (Phi) is 4.04. The highest BCUT2D eigenvalue weighted by Gasteiger charge is 1.98. The number of hydrogen-bond donors (Lipinski definition) is 2. The fraction of sp³-hybridized carbons (Fsp3) is 0.364. The molecule has 2 N–H and O–H groups in total. The SMILES string of the molecule is CCOc1ccc(CNCc2nn[nH]n2)cc1. The van der Waals surface area contributed by atoms with Crippen molar-refractivity contribution in [1.29, 1.82) is 0 Å². The van der Waals surface area contributed by atoms with Gasteiger partial charge in [0.25, 0.3) is 0 Å². The molecule has 2 rings (SSSR count). The zero-order chi connectivity index (χ0) is 11.9. The number of H-pyrrole nitrogens is 1. The van der Waals surface area contributed by atoms with Crippen LogP contribution in [0.4, 0.5) is 0 Å². The van der Waals surface area contributed by atoms with Gasteiger partial charge in [0.2, 0.25) is 0 Å². The Morgan fingerprint density at radius 3 is 2.71 bits per heavy atom. The normalized spacial score (nSPS) is 10.4. The second-order valence-corrected chi connectivity index (χ2v) is 3.51. The van der Waals surface area contributed by atoms with Crippen molar-refractivity contribution in [1.82, 2.24) is 25.9 Å². The molecule has 0 bridgehead atoms. The number of aromatic nitrogens is 4. The highest BCUT2D eigenvalue weighted by atomic mass is 16.5. The van der Waals surface area contributed by atoms with Crippen LogP contribution in [0.1, 0.15) is 18.3 Å². The summed E-state index contributed by atoms with van der Waals surface area (Å²) in [5, 5.41) is 16.8. The number of tetrazole rings is 1. The van der Waals surface area contributed by atoms with Gasteiger partial charge in [-0.2, -0.15) is 5.21 Å². The Balaban J connectivity index is 1.79. The third kappa shape index (κ3) is 3.53. The van der Waals surface area contributed by atoms with Crippen LogP contribution in [0, 0.1) is 0 Å². The van der Waals surface area contributed by atoms with Crippen LogP contribution in [0.25, 0.3) is 0 Å². The first kappa shape index (κ1) is 11.5. The van der Waals surface area contributed by atoms with E-state index in [0.29, 0.717) is 19.0 Å². The molecule has 1 aromatic heterocycles. The molecule has 0 saturated carbocycles. The third-order valence-corrected chi connectivity index (χ3v) is 2.24. The number of hydrogen-bond acceptors (Lipinski definition) is 5. The molecular formula is C11H15N5O. The molecule has 90 valence electrons. The van der Waals surface area contributed by atoms with Crippen molar-refractivity contribution in [2.45, 2.75) is 20.0 Å². The van der Waals surface area contributed by atoms with Crippen LogP contribution in [-0.4, -0.2) is 27.2 Å². The summed E-state index contributed by atoms with van der Waals surface area (Å²) in [7, 11) is 0. The number of benzene rings is 1. The molecule has 0 spiro atoms. The summed E-state index contributed by atoms with van der Waals surface area (Å²) in [4.78, 5) is 0. The predicted molar refractivity (Wildman–Crippen MR) is 62.3 cm³/mol. The highest BCUT2D eigenvalue weighted by molar-refractivity contribution is 5.27. The molecule has 0 aliphatic rings. The zero-order valence-electron chi connectivity index (χ0n) is 9.68. The van der Waals surface area contributed by atoms with Gasteiger partial charge in [-0.25, -0.2) is 0 Å². The Morgan fingerprint density at radius 1 is 1.24 bits per heavy atom. The van der Waals surface area contributed by atoms with Gasteiger partial charge >= 0.3 is 0 Å². The maximum absolute atomic E-state index is 5.37. The molecule has 6 nitrogen and oxygen atoms in total. The number of rotatable bonds is 6. The molecule has 0 atom stereocenters. The molecular weight excluding hydrogens is 218 g/mol. The topological polar surface area (TPSA) is 75.7 Å². The van der Waals surface area contributed by atoms with Crippen molar-refractivity contribution in [3.8, 4) is 5.75 Å². The van der Waals surface area contributed by atoms with Crippen LogP contribution < -0.4 is 10.1 Å². The van der Waals surface area contributed by atoms with Gasteiger partial charge in [-0.1, -0.05) is 17.3 Å². The lowest BCUT2D eigenvalue weighted by Gasteiger charge is -2.05. The van der Waals surface area contributed by atoms with Gasteiger partial charge in [0.15, 0.2) is 5.82 Å². The maximum atomic E-state index is 5.37. The van der Waals surface area contributed by atoms with Gasteiger partial charge in [-0.3, -0.25) is 0 Å². The number of nitrogens with one attached hydrogen (secondary N) is 2. The Morgan fingerprint density at radius 2 is 2.06 bits per heavy atom. The van der Waals surface area contributed by atoms with Gasteiger partial charge in [0.05, 0.1) is 13.2 Å². The van der Waals surface area contributed by atoms with E-state index in [-0.39, 0.29) is 0 Å². The fourth-order valence-electron chi connectivity index (χ4n) is 1.45. The maximum Gasteiger partial charge on any atom is 0.188 e. The first-order valence-corrected chi connectivity index (χ1v) is 5.53. The molecule has 0 unspecified atom stereocenters. The smallest absolute Gasteiger partial charge is 0.188 e. The van der Waals surface area contributed by atoms with Gasteiger partial charge in [0.1, 0.15) is 5.75 Å². The minimum absolute atomic E-state index is 0.601. The van der Waals surface area contributed by atoms with Crippen LogP contribution in [0.3, 0.4) is 0 Å². The third-order valence-electron chi connectivity index (χ3n) is 2.24. The minimum atomic E-state index is 0.601. The van der Waals surface area contributed by atoms with Crippen molar-refractivity contribution in [2.75, 3.05) is 6.61 Å². The number of nitrogens with zero attached hydrogens (tertiary/aromatic N) is 3. The first-order chi connectivity index (χ1) is 8.38. The zero-order valence-corrected chi connectivity index (χ0v) is 9.68. The Hall–Kier alpha value is -1.95. The summed E-state index contributed by atoms with van der Waals surface area (Å²) in [5.41, 5.74) is 1.19. The Bertz CT molecular complexity index is 426. The first-order valence-electron chi connectivity index (χ1n) is 5.53. The van der Waals surface area contributed by atoms with Gasteiger partial charge in [-0.05, 0) is 24.6 Å². The lowest BCUT2D eigenvalue weighted by atomic mass is 10.2. The lowest BCUT2D eigenvalue weighted by molar-refractivity contribution is 0.340. The fourth-order valence-corrected chi connectivity index (χ4v) is 1.45. The molecule has 0 saturated heterocycles. The lowest BCUT2D eigenvalue weighted by Crippen LogP contribution is -2.13. The summed E-state index contributed by atoms with van der Waals surface area (Å²) in [6.45, 7) is 4.03. The summed E-state index contributed by atoms with van der Waals surface area (Å²) in [6, 6.07) is 8.01. The molecule has 0 fully saturated rings. The van der Waals surface area contributed by atoms with Crippen LogP contribution in [0.5, 0.6) is 5.75 Å². The molecule has 0 radical (unpaired) electrons. The van der Waals surface area contributed by atoms with Gasteiger partial charge < -0.3 is 10.1 Å². The average molecular weight is 233 g/mol. The molecule has 0 aliphatic heterocycles. The van der Waals surface area contributed by atoms with Crippen LogP contribution in [0.15, 0.2) is 24.3 Å². The summed E-state index contributed by atoms with van der Waals surface area (Å²) < 4.78 is 5.37. The second-order valence-electron chi connectivity index (χ2n) is 3.51. The number of aromatic amines is 1. The highest BCUT2D eigenvalue weighted by Crippen LogP contribution is 2.11. The van der Waals surface area contributed by atoms with E-state index in [0.717, 1.165) is 12.3 Å². The molecule has 6 heteroatoms. The van der Waals surface area contributed by atoms with Crippen LogP contribution in [0.2, 0.25) is 0 Å². The quantitative estimate of drug-likeness (QED) is 0.775. The average Bonchev–Trinajstić information content (AvgIpc) is 2.85. The Labute approximate surface area is 99.4 Å². The predicted octanol–water partition coefficient (Wildman–Crippen LogP) is 0.888. The molecule has 17 heavy (non-hydrogen) atoms. The molecule has 1 aromatic carbocycles. The summed E-state index contributed by atoms with van der Waals surface area (Å²) in [5.74, 6) is 1.56. The van der Waals surface area contributed by atoms with Crippen molar-refractivity contribution in [2.24, 2.45) is 0 Å². The van der Waals surface area contributed by atoms with E-state index >= 15 is 0 Å². The summed E-state index contributed by atoms with van der Waals surface area (Å²) in [6.07, 6.45) is 0. The minimum Gasteiger partial charge on any atom is -0.494 e. The van der Waals surface area contributed by atoms with Crippen molar-refractivity contribution in [3.05, 3.63) is 35.7 Å². The van der Waals surface area contributed by atoms with Crippen LogP contribution in [-0.2, 0) is 13.1 Å². The van der Waals surface area contributed by atoms with E-state index in [9.17, 15) is 0 Å². The van der Waals surface area contributed by atoms with Crippen LogP contribution >= 0.6 is 0 Å². The van der Waals surface area contributed by atoms with E-state index in [4.69, 9.17) is 4.74 Å². The molecule has 1 heterocycles.